The summed E-state index contributed by atoms with van der Waals surface area (Å²) in [6.45, 7) is 9.69. The Hall–Kier alpha value is -6.38. The predicted octanol–water partition coefficient (Wildman–Crippen LogP) is 14.5. The molecule has 0 radical (unpaired) electrons. The van der Waals surface area contributed by atoms with E-state index < -0.39 is 0 Å². The van der Waals surface area contributed by atoms with Crippen LogP contribution in [-0.2, 0) is 10.8 Å². The van der Waals surface area contributed by atoms with Crippen molar-refractivity contribution in [1.82, 2.24) is 0 Å². The maximum absolute atomic E-state index is 6.74. The summed E-state index contributed by atoms with van der Waals surface area (Å²) in [5.41, 5.74) is 18.1. The summed E-state index contributed by atoms with van der Waals surface area (Å²) in [6.07, 6.45) is 0. The fraction of sp³-hybridized carbons (Fsp3) is 0.115. The van der Waals surface area contributed by atoms with E-state index >= 15 is 0 Å². The summed E-state index contributed by atoms with van der Waals surface area (Å²) in [7, 11) is 0. The third-order valence-corrected chi connectivity index (χ3v) is 12.4. The summed E-state index contributed by atoms with van der Waals surface area (Å²) < 4.78 is 6.74. The highest BCUT2D eigenvalue weighted by Gasteiger charge is 2.44. The molecule has 8 aromatic carbocycles. The smallest absolute Gasteiger partial charge is 0.159 e. The van der Waals surface area contributed by atoms with E-state index in [1.807, 2.05) is 6.07 Å². The molecule has 0 atom stereocenters. The van der Waals surface area contributed by atoms with E-state index in [2.05, 4.69) is 190 Å². The maximum Gasteiger partial charge on any atom is 0.159 e. The first kappa shape index (κ1) is 31.2. The van der Waals surface area contributed by atoms with Gasteiger partial charge in [0.2, 0.25) is 0 Å². The number of anilines is 3. The first-order valence-corrected chi connectivity index (χ1v) is 19.0. The Bertz CT molecular complexity index is 3000. The molecule has 0 aliphatic heterocycles. The second-order valence-electron chi connectivity index (χ2n) is 16.1. The minimum Gasteiger partial charge on any atom is -0.454 e. The van der Waals surface area contributed by atoms with Crippen LogP contribution >= 0.6 is 0 Å². The number of benzene rings is 8. The summed E-state index contributed by atoms with van der Waals surface area (Å²) in [6, 6.07) is 59.9. The zero-order valence-electron chi connectivity index (χ0n) is 30.9. The lowest BCUT2D eigenvalue weighted by Crippen LogP contribution is -2.29. The van der Waals surface area contributed by atoms with Crippen molar-refractivity contribution in [2.45, 2.75) is 38.5 Å². The van der Waals surface area contributed by atoms with E-state index in [-0.39, 0.29) is 10.8 Å². The molecular weight excluding hydrogens is 655 g/mol. The highest BCUT2D eigenvalue weighted by Crippen LogP contribution is 2.59. The van der Waals surface area contributed by atoms with E-state index in [9.17, 15) is 0 Å². The molecule has 258 valence electrons. The van der Waals surface area contributed by atoms with E-state index in [0.717, 1.165) is 39.0 Å². The van der Waals surface area contributed by atoms with Crippen molar-refractivity contribution in [3.8, 4) is 33.4 Å². The summed E-state index contributed by atoms with van der Waals surface area (Å²) >= 11 is 0. The molecular formula is C52H39NO. The van der Waals surface area contributed by atoms with E-state index in [0.29, 0.717) is 0 Å². The third kappa shape index (κ3) is 4.17. The molecule has 54 heavy (non-hydrogen) atoms. The molecule has 0 unspecified atom stereocenters. The zero-order valence-corrected chi connectivity index (χ0v) is 30.9. The van der Waals surface area contributed by atoms with Gasteiger partial charge in [0.1, 0.15) is 5.58 Å². The molecule has 0 saturated heterocycles. The SMILES string of the molecule is CC1(C)c2ccccc2-c2ccc3c(c21)C(C)(C)c1cccc2c(N(c4cccc(-c5ccccc5)c4)c4cccc5c4oc4ccccc45)ccc-3c12. The first-order valence-electron chi connectivity index (χ1n) is 19.0. The number of fused-ring (bicyclic) bond motifs is 9. The number of furan rings is 1. The van der Waals surface area contributed by atoms with E-state index in [1.165, 1.54) is 66.4 Å². The van der Waals surface area contributed by atoms with Gasteiger partial charge in [-0.05, 0) is 91.4 Å². The molecule has 0 bridgehead atoms. The maximum atomic E-state index is 6.74. The minimum atomic E-state index is -0.234. The molecule has 2 nitrogen and oxygen atoms in total. The average molecular weight is 694 g/mol. The molecule has 11 rings (SSSR count). The lowest BCUT2D eigenvalue weighted by molar-refractivity contribution is 0.591. The van der Waals surface area contributed by atoms with Gasteiger partial charge in [0.15, 0.2) is 5.58 Å². The highest BCUT2D eigenvalue weighted by molar-refractivity contribution is 6.14. The van der Waals surface area contributed by atoms with Crippen molar-refractivity contribution in [2.75, 3.05) is 4.90 Å². The molecule has 1 aromatic heterocycles. The number of rotatable bonds is 4. The fourth-order valence-corrected chi connectivity index (χ4v) is 9.99. The Kier molecular flexibility index (Phi) is 6.39. The molecule has 9 aromatic rings. The van der Waals surface area contributed by atoms with Crippen LogP contribution in [-0.4, -0.2) is 0 Å². The number of hydrogen-bond donors (Lipinski definition) is 0. The molecule has 0 fully saturated rings. The Labute approximate surface area is 315 Å². The molecule has 2 heteroatoms. The van der Waals surface area contributed by atoms with Crippen LogP contribution in [0.15, 0.2) is 168 Å². The van der Waals surface area contributed by atoms with Gasteiger partial charge in [0.05, 0.1) is 11.4 Å². The second kappa shape index (κ2) is 11.1. The quantitative estimate of drug-likeness (QED) is 0.182. The van der Waals surface area contributed by atoms with Crippen LogP contribution in [0.3, 0.4) is 0 Å². The molecule has 1 heterocycles. The molecule has 2 aliphatic rings. The summed E-state index contributed by atoms with van der Waals surface area (Å²) in [5, 5.41) is 4.79. The second-order valence-corrected chi connectivity index (χ2v) is 16.1. The van der Waals surface area contributed by atoms with Crippen molar-refractivity contribution in [3.63, 3.8) is 0 Å². The van der Waals surface area contributed by atoms with Crippen LogP contribution in [0.25, 0.3) is 66.1 Å². The van der Waals surface area contributed by atoms with Gasteiger partial charge in [-0.3, -0.25) is 0 Å². The molecule has 0 spiro atoms. The highest BCUT2D eigenvalue weighted by atomic mass is 16.3. The van der Waals surface area contributed by atoms with Crippen molar-refractivity contribution >= 4 is 49.8 Å². The van der Waals surface area contributed by atoms with Gasteiger partial charge < -0.3 is 9.32 Å². The van der Waals surface area contributed by atoms with Crippen molar-refractivity contribution in [3.05, 3.63) is 186 Å². The minimum absolute atomic E-state index is 0.105. The van der Waals surface area contributed by atoms with Gasteiger partial charge in [-0.2, -0.15) is 0 Å². The topological polar surface area (TPSA) is 16.4 Å². The fourth-order valence-electron chi connectivity index (χ4n) is 9.99. The van der Waals surface area contributed by atoms with Crippen LogP contribution in [0.2, 0.25) is 0 Å². The Morgan fingerprint density at radius 1 is 0.426 bits per heavy atom. The van der Waals surface area contributed by atoms with E-state index in [4.69, 9.17) is 4.42 Å². The van der Waals surface area contributed by atoms with Gasteiger partial charge in [0, 0.05) is 32.7 Å². The largest absolute Gasteiger partial charge is 0.454 e. The van der Waals surface area contributed by atoms with Gasteiger partial charge in [-0.15, -0.1) is 0 Å². The normalized spacial score (nSPS) is 14.6. The van der Waals surface area contributed by atoms with Crippen molar-refractivity contribution in [2.24, 2.45) is 0 Å². The number of nitrogens with zero attached hydrogens (tertiary/aromatic N) is 1. The van der Waals surface area contributed by atoms with Gasteiger partial charge in [-0.1, -0.05) is 161 Å². The number of hydrogen-bond acceptors (Lipinski definition) is 2. The standard InChI is InChI=1S/C52H39NO/c1-51(2)42-23-10-8-19-35(42)38-27-28-39-37-29-30-44(41-22-13-24-43(47(37)41)52(3,4)49(39)48(38)51)53(34-18-12-17-33(31-34)32-15-6-5-7-16-32)45-25-14-21-40-36-20-9-11-26-46(36)54-50(40)45/h5-31H,1-4H3. The molecule has 0 amide bonds. The first-order chi connectivity index (χ1) is 26.3. The molecule has 0 saturated carbocycles. The molecule has 2 aliphatic carbocycles. The number of para-hydroxylation sites is 2. The Balaban J connectivity index is 1.20. The van der Waals surface area contributed by atoms with Crippen molar-refractivity contribution < 1.29 is 4.42 Å². The Morgan fingerprint density at radius 3 is 1.89 bits per heavy atom. The van der Waals surface area contributed by atoms with Crippen LogP contribution < -0.4 is 4.90 Å². The average Bonchev–Trinajstić information content (AvgIpc) is 3.70. The van der Waals surface area contributed by atoms with Crippen LogP contribution in [0.1, 0.15) is 49.9 Å². The summed E-state index contributed by atoms with van der Waals surface area (Å²) in [4.78, 5) is 2.42. The zero-order chi connectivity index (χ0) is 36.3. The third-order valence-electron chi connectivity index (χ3n) is 12.4. The van der Waals surface area contributed by atoms with E-state index in [1.54, 1.807) is 0 Å². The van der Waals surface area contributed by atoms with Gasteiger partial charge in [-0.25, -0.2) is 0 Å². The lowest BCUT2D eigenvalue weighted by atomic mass is 9.63. The van der Waals surface area contributed by atoms with Gasteiger partial charge >= 0.3 is 0 Å². The van der Waals surface area contributed by atoms with Crippen LogP contribution in [0.4, 0.5) is 17.1 Å². The van der Waals surface area contributed by atoms with Crippen molar-refractivity contribution in [1.29, 1.82) is 0 Å². The van der Waals surface area contributed by atoms with Crippen LogP contribution in [0.5, 0.6) is 0 Å². The Morgan fingerprint density at radius 2 is 1.04 bits per heavy atom. The lowest BCUT2D eigenvalue weighted by Gasteiger charge is -2.40. The summed E-state index contributed by atoms with van der Waals surface area (Å²) in [5.74, 6) is 0. The van der Waals surface area contributed by atoms with Gasteiger partial charge in [0.25, 0.3) is 0 Å². The predicted molar refractivity (Wildman–Crippen MR) is 226 cm³/mol. The molecule has 0 N–H and O–H groups in total. The van der Waals surface area contributed by atoms with Crippen LogP contribution in [0, 0.1) is 0 Å². The monoisotopic (exact) mass is 693 g/mol.